The Morgan fingerprint density at radius 1 is 1.14 bits per heavy atom. The second kappa shape index (κ2) is 5.44. The van der Waals surface area contributed by atoms with Crippen LogP contribution in [-0.2, 0) is 0 Å². The number of hydrogen-bond donors (Lipinski definition) is 3. The molecule has 0 atom stereocenters. The molecule has 21 heavy (non-hydrogen) atoms. The summed E-state index contributed by atoms with van der Waals surface area (Å²) in [6.07, 6.45) is 2.07. The Hall–Kier alpha value is -2.56. The Bertz CT molecular complexity index is 683. The summed E-state index contributed by atoms with van der Waals surface area (Å²) in [5.74, 6) is -0.478. The lowest BCUT2D eigenvalue weighted by atomic mass is 10.1. The number of amides is 1. The maximum Gasteiger partial charge on any atom is 0.251 e. The number of para-hydroxylation sites is 1. The highest BCUT2D eigenvalue weighted by Crippen LogP contribution is 2.26. The number of nitrogens with two attached hydrogens (primary N) is 1. The van der Waals surface area contributed by atoms with Gasteiger partial charge >= 0.3 is 0 Å². The van der Waals surface area contributed by atoms with Gasteiger partial charge in [-0.2, -0.15) is 0 Å². The van der Waals surface area contributed by atoms with Crippen molar-refractivity contribution in [2.75, 3.05) is 11.1 Å². The van der Waals surface area contributed by atoms with E-state index in [-0.39, 0.29) is 11.7 Å². The molecule has 0 spiro atoms. The number of benzene rings is 2. The van der Waals surface area contributed by atoms with Gasteiger partial charge < -0.3 is 16.4 Å². The highest BCUT2D eigenvalue weighted by molar-refractivity contribution is 5.96. The normalized spacial score (nSPS) is 13.8. The van der Waals surface area contributed by atoms with Crippen LogP contribution in [0.2, 0.25) is 0 Å². The molecule has 0 unspecified atom stereocenters. The summed E-state index contributed by atoms with van der Waals surface area (Å²) in [6, 6.07) is 11.6. The van der Waals surface area contributed by atoms with Crippen molar-refractivity contribution >= 4 is 23.0 Å². The first-order chi connectivity index (χ1) is 10.1. The summed E-state index contributed by atoms with van der Waals surface area (Å²) >= 11 is 0. The molecule has 0 radical (unpaired) electrons. The van der Waals surface area contributed by atoms with Crippen LogP contribution in [0.5, 0.6) is 0 Å². The average Bonchev–Trinajstić information content (AvgIpc) is 3.27. The van der Waals surface area contributed by atoms with Crippen molar-refractivity contribution in [2.45, 2.75) is 18.9 Å². The van der Waals surface area contributed by atoms with Crippen LogP contribution in [0.25, 0.3) is 0 Å². The lowest BCUT2D eigenvalue weighted by molar-refractivity contribution is 0.0951. The number of carbonyl (C=O) groups is 1. The zero-order chi connectivity index (χ0) is 14.8. The van der Waals surface area contributed by atoms with Crippen LogP contribution in [-0.4, -0.2) is 11.9 Å². The van der Waals surface area contributed by atoms with E-state index in [9.17, 15) is 9.18 Å². The van der Waals surface area contributed by atoms with Crippen molar-refractivity contribution in [3.63, 3.8) is 0 Å². The SMILES string of the molecule is Nc1cc(C(=O)NC2CC2)ccc1Nc1ccccc1F. The third-order valence-electron chi connectivity index (χ3n) is 3.37. The van der Waals surface area contributed by atoms with E-state index in [0.29, 0.717) is 28.7 Å². The largest absolute Gasteiger partial charge is 0.397 e. The van der Waals surface area contributed by atoms with E-state index in [1.165, 1.54) is 6.07 Å². The summed E-state index contributed by atoms with van der Waals surface area (Å²) in [7, 11) is 0. The second-order valence-corrected chi connectivity index (χ2v) is 5.15. The number of halogens is 1. The number of hydrogen-bond acceptors (Lipinski definition) is 3. The molecule has 4 N–H and O–H groups in total. The van der Waals surface area contributed by atoms with Crippen LogP contribution in [0.3, 0.4) is 0 Å². The van der Waals surface area contributed by atoms with Gasteiger partial charge in [0.25, 0.3) is 5.91 Å². The predicted molar refractivity (Wildman–Crippen MR) is 81.0 cm³/mol. The smallest absolute Gasteiger partial charge is 0.251 e. The highest BCUT2D eigenvalue weighted by atomic mass is 19.1. The molecule has 0 heterocycles. The first-order valence-electron chi connectivity index (χ1n) is 6.85. The van der Waals surface area contributed by atoms with Crippen LogP contribution in [0.4, 0.5) is 21.5 Å². The zero-order valence-corrected chi connectivity index (χ0v) is 11.4. The number of anilines is 3. The van der Waals surface area contributed by atoms with E-state index in [0.717, 1.165) is 12.8 Å². The third-order valence-corrected chi connectivity index (χ3v) is 3.37. The number of nitrogens with one attached hydrogen (secondary N) is 2. The number of rotatable bonds is 4. The fourth-order valence-corrected chi connectivity index (χ4v) is 2.02. The molecular weight excluding hydrogens is 269 g/mol. The minimum Gasteiger partial charge on any atom is -0.397 e. The Morgan fingerprint density at radius 2 is 1.90 bits per heavy atom. The standard InChI is InChI=1S/C16H16FN3O/c17-12-3-1-2-4-14(12)20-15-8-5-10(9-13(15)18)16(21)19-11-6-7-11/h1-5,8-9,11,20H,6-7,18H2,(H,19,21). The Labute approximate surface area is 122 Å². The van der Waals surface area contributed by atoms with Gasteiger partial charge in [-0.3, -0.25) is 4.79 Å². The monoisotopic (exact) mass is 285 g/mol. The molecule has 2 aromatic rings. The molecule has 0 aliphatic heterocycles. The third kappa shape index (κ3) is 3.13. The number of carbonyl (C=O) groups excluding carboxylic acids is 1. The summed E-state index contributed by atoms with van der Waals surface area (Å²) < 4.78 is 13.6. The molecule has 1 aliphatic carbocycles. The van der Waals surface area contributed by atoms with E-state index in [2.05, 4.69) is 10.6 Å². The van der Waals surface area contributed by atoms with Crippen LogP contribution in [0.15, 0.2) is 42.5 Å². The fraction of sp³-hybridized carbons (Fsp3) is 0.188. The molecule has 1 saturated carbocycles. The summed E-state index contributed by atoms with van der Waals surface area (Å²) in [5, 5.41) is 5.83. The lowest BCUT2D eigenvalue weighted by Crippen LogP contribution is -2.25. The topological polar surface area (TPSA) is 67.2 Å². The van der Waals surface area contributed by atoms with E-state index in [4.69, 9.17) is 5.73 Å². The van der Waals surface area contributed by atoms with Crippen LogP contribution in [0.1, 0.15) is 23.2 Å². The Kier molecular flexibility index (Phi) is 3.48. The van der Waals surface area contributed by atoms with Gasteiger partial charge in [-0.1, -0.05) is 12.1 Å². The molecule has 2 aromatic carbocycles. The predicted octanol–water partition coefficient (Wildman–Crippen LogP) is 3.04. The quantitative estimate of drug-likeness (QED) is 0.756. The first kappa shape index (κ1) is 13.4. The van der Waals surface area contributed by atoms with Crippen molar-refractivity contribution in [3.8, 4) is 0 Å². The molecule has 3 rings (SSSR count). The van der Waals surface area contributed by atoms with E-state index in [1.807, 2.05) is 0 Å². The van der Waals surface area contributed by atoms with Crippen molar-refractivity contribution in [1.29, 1.82) is 0 Å². The molecule has 4 nitrogen and oxygen atoms in total. The van der Waals surface area contributed by atoms with Gasteiger partial charge in [0.15, 0.2) is 0 Å². The Balaban J connectivity index is 1.77. The minimum absolute atomic E-state index is 0.123. The average molecular weight is 285 g/mol. The molecule has 0 bridgehead atoms. The van der Waals surface area contributed by atoms with Crippen molar-refractivity contribution in [2.24, 2.45) is 0 Å². The summed E-state index contributed by atoms with van der Waals surface area (Å²) in [6.45, 7) is 0. The highest BCUT2D eigenvalue weighted by Gasteiger charge is 2.23. The van der Waals surface area contributed by atoms with Gasteiger partial charge in [-0.15, -0.1) is 0 Å². The van der Waals surface area contributed by atoms with Gasteiger partial charge in [0.1, 0.15) is 5.82 Å². The fourth-order valence-electron chi connectivity index (χ4n) is 2.02. The van der Waals surface area contributed by atoms with E-state index in [1.54, 1.807) is 36.4 Å². The lowest BCUT2D eigenvalue weighted by Gasteiger charge is -2.11. The summed E-state index contributed by atoms with van der Waals surface area (Å²) in [5.41, 5.74) is 7.77. The molecule has 0 saturated heterocycles. The van der Waals surface area contributed by atoms with Gasteiger partial charge in [-0.05, 0) is 43.2 Å². The van der Waals surface area contributed by atoms with Crippen LogP contribution in [0, 0.1) is 5.82 Å². The molecule has 5 heteroatoms. The molecule has 108 valence electrons. The van der Waals surface area contributed by atoms with Gasteiger partial charge in [0, 0.05) is 11.6 Å². The maximum absolute atomic E-state index is 13.6. The second-order valence-electron chi connectivity index (χ2n) is 5.15. The minimum atomic E-state index is -0.354. The van der Waals surface area contributed by atoms with E-state index >= 15 is 0 Å². The molecule has 1 fully saturated rings. The van der Waals surface area contributed by atoms with Gasteiger partial charge in [0.05, 0.1) is 17.1 Å². The first-order valence-corrected chi connectivity index (χ1v) is 6.85. The van der Waals surface area contributed by atoms with Gasteiger partial charge in [-0.25, -0.2) is 4.39 Å². The van der Waals surface area contributed by atoms with Crippen LogP contribution < -0.4 is 16.4 Å². The Morgan fingerprint density at radius 3 is 2.57 bits per heavy atom. The van der Waals surface area contributed by atoms with Crippen LogP contribution >= 0.6 is 0 Å². The molecular formula is C16H16FN3O. The number of nitrogen functional groups attached to an aromatic ring is 1. The molecule has 1 aliphatic rings. The van der Waals surface area contributed by atoms with Gasteiger partial charge in [0.2, 0.25) is 0 Å². The molecule has 1 amide bonds. The van der Waals surface area contributed by atoms with Crippen molar-refractivity contribution < 1.29 is 9.18 Å². The van der Waals surface area contributed by atoms with Crippen molar-refractivity contribution in [1.82, 2.24) is 5.32 Å². The van der Waals surface area contributed by atoms with E-state index < -0.39 is 0 Å². The van der Waals surface area contributed by atoms with Crippen molar-refractivity contribution in [3.05, 3.63) is 53.8 Å². The molecule has 0 aromatic heterocycles. The summed E-state index contributed by atoms with van der Waals surface area (Å²) in [4.78, 5) is 11.9. The maximum atomic E-state index is 13.6. The zero-order valence-electron chi connectivity index (χ0n) is 11.4.